The molecular formula is C24H30BrNO7. The molecule has 0 saturated carbocycles. The van der Waals surface area contributed by atoms with Gasteiger partial charge in [-0.05, 0) is 46.8 Å². The van der Waals surface area contributed by atoms with Crippen molar-refractivity contribution in [3.05, 3.63) is 46.5 Å². The first-order valence-electron chi connectivity index (χ1n) is 11.2. The number of cyclic esters (lactones) is 1. The van der Waals surface area contributed by atoms with Crippen LogP contribution in [0.25, 0.3) is 0 Å². The quantitative estimate of drug-likeness (QED) is 0.453. The van der Waals surface area contributed by atoms with Gasteiger partial charge in [0.1, 0.15) is 12.7 Å². The normalized spacial score (nSPS) is 26.2. The highest BCUT2D eigenvalue weighted by Gasteiger charge is 2.48. The Balaban J connectivity index is 1.70. The van der Waals surface area contributed by atoms with E-state index in [-0.39, 0.29) is 24.1 Å². The Morgan fingerprint density at radius 1 is 1.21 bits per heavy atom. The number of hydrogen-bond donors (Lipinski definition) is 2. The number of imide groups is 1. The smallest absolute Gasteiger partial charge is 0.416 e. The second-order valence-corrected chi connectivity index (χ2v) is 9.38. The second-order valence-electron chi connectivity index (χ2n) is 8.52. The molecule has 2 aliphatic heterocycles. The van der Waals surface area contributed by atoms with Crippen molar-refractivity contribution < 1.29 is 34.1 Å². The van der Waals surface area contributed by atoms with Crippen molar-refractivity contribution in [1.29, 1.82) is 0 Å². The van der Waals surface area contributed by atoms with E-state index in [0.717, 1.165) is 23.3 Å². The summed E-state index contributed by atoms with van der Waals surface area (Å²) in [5, 5.41) is 19.9. The molecule has 2 heterocycles. The number of amides is 2. The molecule has 0 radical (unpaired) electrons. The van der Waals surface area contributed by atoms with E-state index in [0.29, 0.717) is 19.3 Å². The molecule has 0 aliphatic carbocycles. The second kappa shape index (κ2) is 11.4. The standard InChI is InChI=1S/C24H30BrNO7/c1-16(21-19(28)14-20(25)24(31,33-21)11-7-2-3-8-12-27)22(29)26-18(15-32-23(26)30)13-17-9-5-4-6-10-17/h4-6,9-10,14,16,18,21,27,31H,2-3,7-8,11-13,15H2,1H3/t16-,18-,21?,24?/m0/s1. The lowest BCUT2D eigenvalue weighted by Crippen LogP contribution is -2.52. The third-order valence-corrected chi connectivity index (χ3v) is 6.87. The van der Waals surface area contributed by atoms with Crippen LogP contribution in [-0.2, 0) is 25.5 Å². The van der Waals surface area contributed by atoms with Gasteiger partial charge in [-0.2, -0.15) is 0 Å². The zero-order valence-corrected chi connectivity index (χ0v) is 20.2. The molecule has 0 aromatic heterocycles. The average molecular weight is 524 g/mol. The Labute approximate surface area is 201 Å². The molecule has 4 atom stereocenters. The molecule has 1 aromatic rings. The number of aliphatic hydroxyl groups is 2. The van der Waals surface area contributed by atoms with E-state index in [1.165, 1.54) is 13.0 Å². The molecule has 2 aliphatic rings. The van der Waals surface area contributed by atoms with Crippen molar-refractivity contribution >= 4 is 33.7 Å². The number of nitrogens with zero attached hydrogens (tertiary/aromatic N) is 1. The molecule has 1 saturated heterocycles. The van der Waals surface area contributed by atoms with E-state index < -0.39 is 41.6 Å². The van der Waals surface area contributed by atoms with E-state index in [2.05, 4.69) is 15.9 Å². The average Bonchev–Trinajstić information content (AvgIpc) is 3.16. The first kappa shape index (κ1) is 25.6. The van der Waals surface area contributed by atoms with E-state index in [1.54, 1.807) is 0 Å². The number of unbranched alkanes of at least 4 members (excludes halogenated alkanes) is 3. The number of carbonyl (C=O) groups excluding carboxylic acids is 3. The van der Waals surface area contributed by atoms with Gasteiger partial charge in [0.2, 0.25) is 5.91 Å². The molecule has 9 heteroatoms. The fourth-order valence-corrected chi connectivity index (χ4v) is 4.63. The highest BCUT2D eigenvalue weighted by molar-refractivity contribution is 9.11. The fraction of sp³-hybridized carbons (Fsp3) is 0.542. The van der Waals surface area contributed by atoms with Crippen LogP contribution in [0.5, 0.6) is 0 Å². The lowest BCUT2D eigenvalue weighted by Gasteiger charge is -2.37. The molecule has 2 unspecified atom stereocenters. The maximum atomic E-state index is 13.3. The van der Waals surface area contributed by atoms with Crippen LogP contribution in [0.4, 0.5) is 4.79 Å². The monoisotopic (exact) mass is 523 g/mol. The fourth-order valence-electron chi connectivity index (χ4n) is 4.12. The summed E-state index contributed by atoms with van der Waals surface area (Å²) >= 11 is 3.23. The van der Waals surface area contributed by atoms with Crippen LogP contribution in [0.3, 0.4) is 0 Å². The SMILES string of the molecule is C[C@H](C(=O)N1C(=O)OC[C@@H]1Cc1ccccc1)C1OC(O)(CCCCCCO)C(Br)=CC1=O. The summed E-state index contributed by atoms with van der Waals surface area (Å²) in [6, 6.07) is 8.98. The van der Waals surface area contributed by atoms with Gasteiger partial charge < -0.3 is 19.7 Å². The summed E-state index contributed by atoms with van der Waals surface area (Å²) < 4.78 is 11.1. The lowest BCUT2D eigenvalue weighted by molar-refractivity contribution is -0.217. The molecule has 1 aromatic carbocycles. The minimum atomic E-state index is -1.73. The van der Waals surface area contributed by atoms with E-state index in [1.807, 2.05) is 30.3 Å². The first-order chi connectivity index (χ1) is 15.8. The highest BCUT2D eigenvalue weighted by atomic mass is 79.9. The van der Waals surface area contributed by atoms with Gasteiger partial charge in [-0.25, -0.2) is 9.69 Å². The van der Waals surface area contributed by atoms with Crippen LogP contribution in [0, 0.1) is 5.92 Å². The maximum absolute atomic E-state index is 13.3. The van der Waals surface area contributed by atoms with Gasteiger partial charge in [0.25, 0.3) is 0 Å². The Kier molecular flexibility index (Phi) is 8.81. The van der Waals surface area contributed by atoms with Gasteiger partial charge in [0.05, 0.1) is 16.4 Å². The van der Waals surface area contributed by atoms with Crippen molar-refractivity contribution in [2.24, 2.45) is 5.92 Å². The predicted octanol–water partition coefficient (Wildman–Crippen LogP) is 3.09. The third kappa shape index (κ3) is 6.09. The van der Waals surface area contributed by atoms with E-state index >= 15 is 0 Å². The van der Waals surface area contributed by atoms with Crippen molar-refractivity contribution in [1.82, 2.24) is 4.90 Å². The zero-order chi connectivity index (χ0) is 24.0. The zero-order valence-electron chi connectivity index (χ0n) is 18.6. The van der Waals surface area contributed by atoms with E-state index in [9.17, 15) is 19.5 Å². The number of hydrogen-bond acceptors (Lipinski definition) is 7. The molecule has 2 amide bonds. The number of ketones is 1. The van der Waals surface area contributed by atoms with Crippen LogP contribution in [-0.4, -0.2) is 64.0 Å². The van der Waals surface area contributed by atoms with E-state index in [4.69, 9.17) is 14.6 Å². The minimum Gasteiger partial charge on any atom is -0.447 e. The summed E-state index contributed by atoms with van der Waals surface area (Å²) in [4.78, 5) is 39.4. The number of carbonyl (C=O) groups is 3. The van der Waals surface area contributed by atoms with Crippen LogP contribution in [0.1, 0.15) is 44.6 Å². The molecule has 0 spiro atoms. The Morgan fingerprint density at radius 2 is 1.91 bits per heavy atom. The molecule has 3 rings (SSSR count). The number of ether oxygens (including phenoxy) is 2. The molecule has 180 valence electrons. The summed E-state index contributed by atoms with van der Waals surface area (Å²) in [6.07, 6.45) is 2.81. The highest BCUT2D eigenvalue weighted by Crippen LogP contribution is 2.37. The Hall–Kier alpha value is -2.07. The molecule has 0 bridgehead atoms. The minimum absolute atomic E-state index is 0.0783. The topological polar surface area (TPSA) is 113 Å². The maximum Gasteiger partial charge on any atom is 0.416 e. The third-order valence-electron chi connectivity index (χ3n) is 6.02. The first-order valence-corrected chi connectivity index (χ1v) is 12.0. The van der Waals surface area contributed by atoms with Crippen LogP contribution in [0.15, 0.2) is 40.9 Å². The van der Waals surface area contributed by atoms with Crippen LogP contribution >= 0.6 is 15.9 Å². The van der Waals surface area contributed by atoms with Gasteiger partial charge in [0, 0.05) is 13.0 Å². The summed E-state index contributed by atoms with van der Waals surface area (Å²) in [5.41, 5.74) is 0.957. The largest absolute Gasteiger partial charge is 0.447 e. The summed E-state index contributed by atoms with van der Waals surface area (Å²) in [5.74, 6) is -3.77. The number of aliphatic hydroxyl groups excluding tert-OH is 1. The molecule has 2 N–H and O–H groups in total. The molecule has 8 nitrogen and oxygen atoms in total. The van der Waals surface area contributed by atoms with Crippen molar-refractivity contribution in [3.63, 3.8) is 0 Å². The van der Waals surface area contributed by atoms with Crippen LogP contribution < -0.4 is 0 Å². The number of rotatable bonds is 10. The summed E-state index contributed by atoms with van der Waals surface area (Å²) in [7, 11) is 0. The van der Waals surface area contributed by atoms with Crippen LogP contribution in [0.2, 0.25) is 0 Å². The van der Waals surface area contributed by atoms with Gasteiger partial charge in [-0.15, -0.1) is 0 Å². The van der Waals surface area contributed by atoms with Gasteiger partial charge >= 0.3 is 6.09 Å². The number of halogens is 1. The van der Waals surface area contributed by atoms with Crippen molar-refractivity contribution in [2.45, 2.75) is 63.4 Å². The van der Waals surface area contributed by atoms with Gasteiger partial charge in [-0.1, -0.05) is 50.1 Å². The Morgan fingerprint density at radius 3 is 2.61 bits per heavy atom. The lowest BCUT2D eigenvalue weighted by atomic mass is 9.93. The van der Waals surface area contributed by atoms with Crippen molar-refractivity contribution in [3.8, 4) is 0 Å². The molecule has 1 fully saturated rings. The summed E-state index contributed by atoms with van der Waals surface area (Å²) in [6.45, 7) is 1.71. The van der Waals surface area contributed by atoms with Gasteiger partial charge in [-0.3, -0.25) is 9.59 Å². The van der Waals surface area contributed by atoms with Crippen molar-refractivity contribution in [2.75, 3.05) is 13.2 Å². The Bertz CT molecular complexity index is 890. The van der Waals surface area contributed by atoms with Gasteiger partial charge in [0.15, 0.2) is 11.6 Å². The molecule has 33 heavy (non-hydrogen) atoms. The number of benzene rings is 1. The predicted molar refractivity (Wildman–Crippen MR) is 123 cm³/mol. The molecular weight excluding hydrogens is 494 g/mol.